The third-order valence-corrected chi connectivity index (χ3v) is 5.32. The van der Waals surface area contributed by atoms with E-state index in [4.69, 9.17) is 23.6 Å². The largest absolute Gasteiger partial charge is 1.00 e. The molecular weight excluding hydrogens is 339 g/mol. The zero-order valence-corrected chi connectivity index (χ0v) is 17.6. The second kappa shape index (κ2) is 13.1. The molecule has 0 saturated heterocycles. The zero-order valence-electron chi connectivity index (χ0n) is 15.3. The third-order valence-electron chi connectivity index (χ3n) is 4.40. The van der Waals surface area contributed by atoms with Gasteiger partial charge in [0.2, 0.25) is 0 Å². The van der Waals surface area contributed by atoms with Crippen LogP contribution in [0.25, 0.3) is 0 Å². The first kappa shape index (κ1) is 25.0. The van der Waals surface area contributed by atoms with Crippen LogP contribution >= 0.6 is 23.6 Å². The van der Waals surface area contributed by atoms with Gasteiger partial charge < -0.3 is 16.9 Å². The second-order valence-corrected chi connectivity index (χ2v) is 8.50. The summed E-state index contributed by atoms with van der Waals surface area (Å²) in [5.41, 5.74) is -0.155. The molecule has 0 fully saturated rings. The quantitative estimate of drug-likeness (QED) is 0.272. The number of rotatable bonds is 13. The summed E-state index contributed by atoms with van der Waals surface area (Å²) in [7, 11) is 4.62. The monoisotopic (exact) mass is 374 g/mol. The summed E-state index contributed by atoms with van der Waals surface area (Å²) in [6.45, 7) is 8.80. The molecule has 0 spiro atoms. The molecule has 0 bridgehead atoms. The van der Waals surface area contributed by atoms with Gasteiger partial charge in [-0.1, -0.05) is 45.4 Å². The van der Waals surface area contributed by atoms with Gasteiger partial charge in [-0.15, -0.1) is 3.94 Å². The average molecular weight is 376 g/mol. The van der Waals surface area contributed by atoms with Gasteiger partial charge in [0.25, 0.3) is 0 Å². The maximum Gasteiger partial charge on any atom is 0.0801 e. The van der Waals surface area contributed by atoms with Gasteiger partial charge in [0.1, 0.15) is 0 Å². The van der Waals surface area contributed by atoms with Gasteiger partial charge >= 0.3 is 0 Å². The molecule has 5 heteroatoms. The Kier molecular flexibility index (Phi) is 14.9. The lowest BCUT2D eigenvalue weighted by molar-refractivity contribution is -0.891. The molecular formula is C17H37Cl3N2. The predicted octanol–water partition coefficient (Wildman–Crippen LogP) is 2.99. The molecule has 0 aliphatic rings. The molecule has 136 valence electrons. The number of hydrogen-bond donors (Lipinski definition) is 0. The Labute approximate surface area is 155 Å². The van der Waals surface area contributed by atoms with Crippen LogP contribution in [0.3, 0.4) is 0 Å². The first-order valence-electron chi connectivity index (χ1n) is 8.65. The molecule has 2 nitrogen and oxygen atoms in total. The van der Waals surface area contributed by atoms with Gasteiger partial charge in [-0.05, 0) is 50.2 Å². The van der Waals surface area contributed by atoms with Crippen LogP contribution in [0.1, 0.15) is 78.6 Å². The molecule has 0 aromatic heterocycles. The van der Waals surface area contributed by atoms with E-state index in [0.29, 0.717) is 0 Å². The van der Waals surface area contributed by atoms with Crippen LogP contribution in [0.5, 0.6) is 0 Å². The van der Waals surface area contributed by atoms with E-state index in [1.807, 2.05) is 0 Å². The normalized spacial score (nSPS) is 12.5. The fraction of sp³-hybridized carbons (Fsp3) is 1.00. The fourth-order valence-corrected chi connectivity index (χ4v) is 2.62. The van der Waals surface area contributed by atoms with Gasteiger partial charge in [0, 0.05) is 6.42 Å². The number of quaternary nitrogens is 1. The van der Waals surface area contributed by atoms with Gasteiger partial charge in [0.15, 0.2) is 0 Å². The summed E-state index contributed by atoms with van der Waals surface area (Å²) >= 11 is 11.8. The Morgan fingerprint density at radius 3 is 1.73 bits per heavy atom. The molecule has 0 aliphatic heterocycles. The molecule has 0 aromatic rings. The highest BCUT2D eigenvalue weighted by atomic mass is 35.5. The third kappa shape index (κ3) is 13.2. The van der Waals surface area contributed by atoms with Crippen molar-refractivity contribution in [1.29, 1.82) is 0 Å². The van der Waals surface area contributed by atoms with Crippen molar-refractivity contribution in [1.82, 2.24) is 3.94 Å². The van der Waals surface area contributed by atoms with Crippen LogP contribution in [-0.4, -0.2) is 41.1 Å². The molecule has 22 heavy (non-hydrogen) atoms. The van der Waals surface area contributed by atoms with E-state index in [1.54, 1.807) is 0 Å². The molecule has 0 radical (unpaired) electrons. The summed E-state index contributed by atoms with van der Waals surface area (Å²) in [6, 6.07) is 0. The van der Waals surface area contributed by atoms with Gasteiger partial charge in [-0.3, -0.25) is 0 Å². The number of hydrogen-bond acceptors (Lipinski definition) is 1. The van der Waals surface area contributed by atoms with Crippen molar-refractivity contribution in [2.75, 3.05) is 27.2 Å². The van der Waals surface area contributed by atoms with Crippen LogP contribution < -0.4 is 12.4 Å². The van der Waals surface area contributed by atoms with E-state index in [1.165, 1.54) is 61.8 Å². The molecule has 0 saturated carbocycles. The van der Waals surface area contributed by atoms with Crippen molar-refractivity contribution >= 4 is 23.6 Å². The van der Waals surface area contributed by atoms with E-state index >= 15 is 0 Å². The van der Waals surface area contributed by atoms with Crippen LogP contribution in [-0.2, 0) is 0 Å². The van der Waals surface area contributed by atoms with E-state index in [-0.39, 0.29) is 17.9 Å². The highest BCUT2D eigenvalue weighted by molar-refractivity contribution is 6.34. The minimum absolute atomic E-state index is 0. The fourth-order valence-electron chi connectivity index (χ4n) is 2.45. The van der Waals surface area contributed by atoms with Crippen molar-refractivity contribution in [2.45, 2.75) is 84.1 Å². The number of nitrogens with zero attached hydrogens (tertiary/aromatic N) is 2. The lowest BCUT2D eigenvalue weighted by Crippen LogP contribution is -3.00. The van der Waals surface area contributed by atoms with E-state index in [2.05, 4.69) is 34.9 Å². The van der Waals surface area contributed by atoms with Crippen LogP contribution in [0.2, 0.25) is 0 Å². The smallest absolute Gasteiger partial charge is 0.0801 e. The standard InChI is InChI=1S/C17H37Cl2N2.ClH/c1-6-7-8-9-10-11-12-13-15-21(4,5)16-14-17(2,3)20(18)19;/h6-16H2,1-5H3;1H/q+1;/p-1. The van der Waals surface area contributed by atoms with Crippen LogP contribution in [0.4, 0.5) is 0 Å². The zero-order chi connectivity index (χ0) is 16.4. The molecule has 0 atom stereocenters. The molecule has 0 aliphatic carbocycles. The summed E-state index contributed by atoms with van der Waals surface area (Å²) in [5.74, 6) is 0. The Bertz CT molecular complexity index is 256. The molecule has 0 N–H and O–H groups in total. The van der Waals surface area contributed by atoms with Crippen molar-refractivity contribution in [2.24, 2.45) is 0 Å². The van der Waals surface area contributed by atoms with Crippen molar-refractivity contribution in [3.05, 3.63) is 0 Å². The Balaban J connectivity index is 0. The number of unbranched alkanes of at least 4 members (excludes halogenated alkanes) is 7. The summed E-state index contributed by atoms with van der Waals surface area (Å²) < 4.78 is 2.35. The van der Waals surface area contributed by atoms with Crippen LogP contribution in [0, 0.1) is 0 Å². The highest BCUT2D eigenvalue weighted by Crippen LogP contribution is 2.24. The van der Waals surface area contributed by atoms with Crippen LogP contribution in [0.15, 0.2) is 0 Å². The summed E-state index contributed by atoms with van der Waals surface area (Å²) in [4.78, 5) is 0. The maximum atomic E-state index is 5.89. The summed E-state index contributed by atoms with van der Waals surface area (Å²) in [5, 5.41) is 0. The van der Waals surface area contributed by atoms with E-state index in [0.717, 1.165) is 17.4 Å². The summed E-state index contributed by atoms with van der Waals surface area (Å²) in [6.07, 6.45) is 12.1. The first-order valence-corrected chi connectivity index (χ1v) is 9.33. The van der Waals surface area contributed by atoms with E-state index < -0.39 is 0 Å². The molecule has 0 aromatic carbocycles. The number of halogens is 3. The molecule has 0 unspecified atom stereocenters. The van der Waals surface area contributed by atoms with E-state index in [9.17, 15) is 0 Å². The van der Waals surface area contributed by atoms with Crippen molar-refractivity contribution in [3.63, 3.8) is 0 Å². The minimum Gasteiger partial charge on any atom is -1.00 e. The van der Waals surface area contributed by atoms with Crippen molar-refractivity contribution < 1.29 is 16.9 Å². The highest BCUT2D eigenvalue weighted by Gasteiger charge is 2.28. The second-order valence-electron chi connectivity index (χ2n) is 7.65. The predicted molar refractivity (Wildman–Crippen MR) is 96.7 cm³/mol. The van der Waals surface area contributed by atoms with Gasteiger partial charge in [0.05, 0.1) is 32.7 Å². The topological polar surface area (TPSA) is 3.24 Å². The van der Waals surface area contributed by atoms with Gasteiger partial charge in [-0.2, -0.15) is 0 Å². The average Bonchev–Trinajstić information content (AvgIpc) is 2.40. The van der Waals surface area contributed by atoms with Gasteiger partial charge in [-0.25, -0.2) is 0 Å². The minimum atomic E-state index is -0.155. The maximum absolute atomic E-state index is 5.89. The lowest BCUT2D eigenvalue weighted by Gasteiger charge is -2.35. The molecule has 0 amide bonds. The molecule has 0 heterocycles. The SMILES string of the molecule is CCCCCCCCCC[N+](C)(C)CCC(C)(C)N(Cl)Cl.[Cl-]. The lowest BCUT2D eigenvalue weighted by atomic mass is 10.0. The Morgan fingerprint density at radius 2 is 1.27 bits per heavy atom. The Morgan fingerprint density at radius 1 is 0.818 bits per heavy atom. The molecule has 0 rings (SSSR count). The first-order chi connectivity index (χ1) is 9.71. The Hall–Kier alpha value is 0.790. The van der Waals surface area contributed by atoms with Crippen molar-refractivity contribution in [3.8, 4) is 0 Å².